The minimum Gasteiger partial charge on any atom is -0.370 e. The van der Waals surface area contributed by atoms with E-state index >= 15 is 0 Å². The van der Waals surface area contributed by atoms with E-state index < -0.39 is 67.0 Å². The van der Waals surface area contributed by atoms with Crippen LogP contribution in [0.4, 0.5) is 4.39 Å². The first kappa shape index (κ1) is 52.3. The summed E-state index contributed by atoms with van der Waals surface area (Å²) >= 11 is 1.07. The molecule has 0 spiro atoms. The Morgan fingerprint density at radius 1 is 0.947 bits per heavy atom. The number of aryl methyl sites for hydroxylation is 1. The van der Waals surface area contributed by atoms with Crippen LogP contribution in [0, 0.1) is 5.41 Å². The molecule has 75 heavy (non-hydrogen) atoms. The highest BCUT2D eigenvalue weighted by Gasteiger charge is 2.51. The van der Waals surface area contributed by atoms with Gasteiger partial charge in [0.2, 0.25) is 35.4 Å². The Morgan fingerprint density at radius 2 is 1.69 bits per heavy atom. The Kier molecular flexibility index (Phi) is 14.3. The Hall–Kier alpha value is -6.13. The van der Waals surface area contributed by atoms with E-state index in [1.165, 1.54) is 38.3 Å². The number of amides is 6. The summed E-state index contributed by atoms with van der Waals surface area (Å²) in [4.78, 5) is 122. The summed E-state index contributed by atoms with van der Waals surface area (Å²) in [5, 5.41) is 5.63. The molecule has 398 valence electrons. The van der Waals surface area contributed by atoms with Gasteiger partial charge in [-0.25, -0.2) is 9.18 Å². The quantitative estimate of drug-likeness (QED) is 0.0968. The molecule has 3 aromatic carbocycles. The molecule has 6 aliphatic rings. The third-order valence-corrected chi connectivity index (χ3v) is 17.2. The number of carbonyl (C=O) groups is 6. The van der Waals surface area contributed by atoms with Crippen molar-refractivity contribution >= 4 is 75.5 Å². The maximum absolute atomic E-state index is 15.0. The van der Waals surface area contributed by atoms with Gasteiger partial charge in [-0.3, -0.25) is 52.7 Å². The molecule has 2 bridgehead atoms. The van der Waals surface area contributed by atoms with E-state index in [4.69, 9.17) is 9.47 Å². The molecule has 6 amide bonds. The average Bonchev–Trinajstić information content (AvgIpc) is 4.08. The molecule has 0 saturated carbocycles. The standard InChI is InChI=1S/C52H60FN8O12PS/c1-52(2,3)45(55-48(65)41-22-32-21-31(11-14-40(32)75-41)46(53)74(69,70)71)50(67)59-17-16-38(44(59)49(66)58-18-19-72-39(27-58)30-8-6-5-7-9-30)73-28-43(63)60-33-23-34(60)26-57(25-33)24-29-10-12-35-37(20-29)56(4)51(68)61(35)36-13-15-42(62)54-47(36)64/h5-12,14,20-22,33-34,36,38-39,44-46H,13,15-19,23-28H2,1-4H3,(H,55,65)(H,54,62,64)(H2,69,70,71)/t33?,34?,36?,38-,39+,44+,45-,46+/m1/s1. The van der Waals surface area contributed by atoms with E-state index in [1.54, 1.807) is 32.7 Å². The predicted molar refractivity (Wildman–Crippen MR) is 273 cm³/mol. The first-order valence-corrected chi connectivity index (χ1v) is 27.6. The average molecular weight is 1070 g/mol. The van der Waals surface area contributed by atoms with E-state index in [2.05, 4.69) is 15.5 Å². The van der Waals surface area contributed by atoms with Crippen LogP contribution in [0.1, 0.15) is 90.9 Å². The van der Waals surface area contributed by atoms with Crippen molar-refractivity contribution in [2.75, 3.05) is 45.9 Å². The van der Waals surface area contributed by atoms with Crippen molar-refractivity contribution in [3.05, 3.63) is 105 Å². The van der Waals surface area contributed by atoms with Crippen molar-refractivity contribution in [1.29, 1.82) is 0 Å². The number of likely N-dealkylation sites (tertiary alicyclic amines) is 1. The van der Waals surface area contributed by atoms with Gasteiger partial charge in [0.1, 0.15) is 30.8 Å². The molecule has 0 radical (unpaired) electrons. The molecule has 6 saturated heterocycles. The zero-order valence-corrected chi connectivity index (χ0v) is 43.6. The molecular formula is C52H60FN8O12PS. The van der Waals surface area contributed by atoms with Gasteiger partial charge < -0.3 is 39.3 Å². The van der Waals surface area contributed by atoms with Crippen LogP contribution < -0.4 is 16.3 Å². The minimum absolute atomic E-state index is 0.0802. The van der Waals surface area contributed by atoms with Crippen LogP contribution in [0.5, 0.6) is 0 Å². The second kappa shape index (κ2) is 20.4. The summed E-state index contributed by atoms with van der Waals surface area (Å²) in [6, 6.07) is 17.5. The topological polar surface area (TPSA) is 242 Å². The van der Waals surface area contributed by atoms with Crippen molar-refractivity contribution in [2.45, 2.75) is 101 Å². The lowest BCUT2D eigenvalue weighted by molar-refractivity contribution is -0.164. The number of nitrogens with zero attached hydrogens (tertiary/aromatic N) is 6. The summed E-state index contributed by atoms with van der Waals surface area (Å²) in [6.45, 7) is 7.63. The largest absolute Gasteiger partial charge is 0.370 e. The first-order chi connectivity index (χ1) is 35.6. The number of rotatable bonds is 13. The van der Waals surface area contributed by atoms with Crippen LogP contribution in [0.2, 0.25) is 0 Å². The number of thiophene rings is 1. The van der Waals surface area contributed by atoms with Crippen LogP contribution >= 0.6 is 18.9 Å². The molecule has 5 aromatic rings. The maximum Gasteiger partial charge on any atom is 0.363 e. The molecule has 20 nitrogen and oxygen atoms in total. The highest BCUT2D eigenvalue weighted by molar-refractivity contribution is 7.51. The van der Waals surface area contributed by atoms with Crippen LogP contribution in [-0.2, 0) is 51.6 Å². The second-order valence-electron chi connectivity index (χ2n) is 21.3. The smallest absolute Gasteiger partial charge is 0.363 e. The number of aromatic nitrogens is 2. The van der Waals surface area contributed by atoms with Crippen LogP contribution in [0.3, 0.4) is 0 Å². The van der Waals surface area contributed by atoms with Crippen molar-refractivity contribution in [3.8, 4) is 0 Å². The summed E-state index contributed by atoms with van der Waals surface area (Å²) in [7, 11) is -3.42. The Morgan fingerprint density at radius 3 is 2.40 bits per heavy atom. The monoisotopic (exact) mass is 1070 g/mol. The lowest BCUT2D eigenvalue weighted by Crippen LogP contribution is -2.70. The van der Waals surface area contributed by atoms with Gasteiger partial charge in [-0.05, 0) is 77.1 Å². The summed E-state index contributed by atoms with van der Waals surface area (Å²) in [5.41, 5.74) is 1.65. The van der Waals surface area contributed by atoms with E-state index in [-0.39, 0.29) is 98.0 Å². The molecule has 8 atom stereocenters. The third-order valence-electron chi connectivity index (χ3n) is 15.2. The molecule has 8 heterocycles. The number of alkyl halides is 1. The number of hydrogen-bond acceptors (Lipinski definition) is 12. The molecule has 4 N–H and O–H groups in total. The number of nitrogens with one attached hydrogen (secondary N) is 2. The molecule has 6 aliphatic heterocycles. The van der Waals surface area contributed by atoms with E-state index in [0.29, 0.717) is 40.8 Å². The SMILES string of the molecule is Cn1c(=O)n(C2CCC(=O)NC2=O)c2ccc(CN3CC4CC(C3)N4C(=O)CO[C@@H]3CCN(C(=O)[C@@H](NC(=O)c4cc5cc([C@@H](F)P(=O)(O)O)ccc5s4)C(C)(C)C)[C@@H]3C(=O)N3CCO[C@H](c4ccccc4)C3)cc21. The van der Waals surface area contributed by atoms with Crippen LogP contribution in [-0.4, -0.2) is 150 Å². The molecular weight excluding hydrogens is 1010 g/mol. The third kappa shape index (κ3) is 10.3. The fraction of sp³-hybridized carbons (Fsp3) is 0.481. The zero-order chi connectivity index (χ0) is 53.2. The predicted octanol–water partition coefficient (Wildman–Crippen LogP) is 3.89. The number of imidazole rings is 1. The molecule has 11 rings (SSSR count). The highest BCUT2D eigenvalue weighted by Crippen LogP contribution is 2.53. The lowest BCUT2D eigenvalue weighted by atomic mass is 9.85. The fourth-order valence-electron chi connectivity index (χ4n) is 11.4. The number of imide groups is 1. The molecule has 2 aromatic heterocycles. The second-order valence-corrected chi connectivity index (χ2v) is 24.0. The normalized spacial score (nSPS) is 24.3. The van der Waals surface area contributed by atoms with Crippen LogP contribution in [0.25, 0.3) is 21.1 Å². The summed E-state index contributed by atoms with van der Waals surface area (Å²) in [6.07, 6.45) is 0.154. The van der Waals surface area contributed by atoms with Gasteiger partial charge in [0, 0.05) is 63.0 Å². The van der Waals surface area contributed by atoms with Gasteiger partial charge in [0.15, 0.2) is 0 Å². The summed E-state index contributed by atoms with van der Waals surface area (Å²) < 4.78 is 42.3. The maximum atomic E-state index is 15.0. The van der Waals surface area contributed by atoms with Gasteiger partial charge in [-0.2, -0.15) is 0 Å². The zero-order valence-electron chi connectivity index (χ0n) is 41.9. The minimum atomic E-state index is -5.08. The van der Waals surface area contributed by atoms with E-state index in [0.717, 1.165) is 28.9 Å². The van der Waals surface area contributed by atoms with Gasteiger partial charge in [-0.15, -0.1) is 11.3 Å². The number of piperazine rings is 1. The number of benzene rings is 3. The number of halogens is 1. The first-order valence-electron chi connectivity index (χ1n) is 25.1. The Balaban J connectivity index is 0.827. The number of ether oxygens (including phenoxy) is 2. The number of hydrogen-bond donors (Lipinski definition) is 4. The van der Waals surface area contributed by atoms with Crippen LogP contribution in [0.15, 0.2) is 77.6 Å². The van der Waals surface area contributed by atoms with Gasteiger partial charge in [0.25, 0.3) is 5.91 Å². The lowest BCUT2D eigenvalue weighted by Gasteiger charge is -2.56. The van der Waals surface area contributed by atoms with Crippen molar-refractivity contribution in [1.82, 2.24) is 39.4 Å². The molecule has 0 aliphatic carbocycles. The van der Waals surface area contributed by atoms with Gasteiger partial charge in [-0.1, -0.05) is 63.2 Å². The Labute approximate surface area is 434 Å². The van der Waals surface area contributed by atoms with Crippen molar-refractivity contribution < 1.29 is 57.0 Å². The van der Waals surface area contributed by atoms with Crippen molar-refractivity contribution in [3.63, 3.8) is 0 Å². The van der Waals surface area contributed by atoms with E-state index in [1.807, 2.05) is 53.4 Å². The van der Waals surface area contributed by atoms with Crippen molar-refractivity contribution in [2.24, 2.45) is 12.5 Å². The molecule has 23 heteroatoms. The number of piperidine rings is 2. The summed E-state index contributed by atoms with van der Waals surface area (Å²) in [5.74, 6) is -5.12. The van der Waals surface area contributed by atoms with Gasteiger partial charge in [0.05, 0.1) is 35.2 Å². The molecule has 3 unspecified atom stereocenters. The van der Waals surface area contributed by atoms with Gasteiger partial charge >= 0.3 is 13.3 Å². The number of carbonyl (C=O) groups excluding carboxylic acids is 6. The number of fused-ring (bicyclic) bond motifs is 4. The molecule has 6 fully saturated rings. The highest BCUT2D eigenvalue weighted by atomic mass is 32.1. The number of morpholine rings is 1. The fourth-order valence-corrected chi connectivity index (χ4v) is 12.9. The van der Waals surface area contributed by atoms with E-state index in [9.17, 15) is 52.3 Å². The Bertz CT molecular complexity index is 3200.